The molecule has 0 spiro atoms. The molecule has 0 radical (unpaired) electrons. The van der Waals surface area contributed by atoms with Gasteiger partial charge in [0.2, 0.25) is 5.91 Å². The summed E-state index contributed by atoms with van der Waals surface area (Å²) in [5, 5.41) is 12.1. The number of carbonyl (C=O) groups excluding carboxylic acids is 2. The zero-order valence-electron chi connectivity index (χ0n) is 20.1. The van der Waals surface area contributed by atoms with E-state index in [0.717, 1.165) is 52.9 Å². The normalized spacial score (nSPS) is 23.0. The van der Waals surface area contributed by atoms with E-state index in [4.69, 9.17) is 9.57 Å². The van der Waals surface area contributed by atoms with Gasteiger partial charge in [0.05, 0.1) is 24.4 Å². The van der Waals surface area contributed by atoms with Crippen molar-refractivity contribution in [3.05, 3.63) is 75.7 Å². The van der Waals surface area contributed by atoms with Gasteiger partial charge in [0.25, 0.3) is 5.91 Å². The van der Waals surface area contributed by atoms with Crippen molar-refractivity contribution in [2.24, 2.45) is 5.92 Å². The van der Waals surface area contributed by atoms with E-state index in [0.29, 0.717) is 16.3 Å². The van der Waals surface area contributed by atoms with Crippen LogP contribution in [0.1, 0.15) is 46.0 Å². The van der Waals surface area contributed by atoms with Crippen molar-refractivity contribution in [1.29, 1.82) is 5.26 Å². The van der Waals surface area contributed by atoms with Crippen molar-refractivity contribution in [3.8, 4) is 11.8 Å². The number of carbonyl (C=O) groups is 2. The second-order valence-corrected chi connectivity index (χ2v) is 10.5. The number of fused-ring (bicyclic) bond motifs is 2. The average Bonchev–Trinajstić information content (AvgIpc) is 3.54. The van der Waals surface area contributed by atoms with Crippen molar-refractivity contribution in [3.63, 3.8) is 0 Å². The molecule has 0 saturated carbocycles. The number of ether oxygens (including phenoxy) is 1. The Morgan fingerprint density at radius 1 is 1.06 bits per heavy atom. The first-order valence-corrected chi connectivity index (χ1v) is 12.9. The molecule has 3 atom stereocenters. The Hall–Kier alpha value is -3.67. The van der Waals surface area contributed by atoms with Gasteiger partial charge in [0.15, 0.2) is 6.10 Å². The molecule has 1 aliphatic carbocycles. The lowest BCUT2D eigenvalue weighted by Crippen LogP contribution is -2.37. The summed E-state index contributed by atoms with van der Waals surface area (Å²) in [6, 6.07) is 17.0. The van der Waals surface area contributed by atoms with Gasteiger partial charge in [-0.05, 0) is 67.5 Å². The van der Waals surface area contributed by atoms with Crippen LogP contribution < -0.4 is 14.7 Å². The number of amides is 2. The van der Waals surface area contributed by atoms with Gasteiger partial charge in [-0.1, -0.05) is 30.3 Å². The van der Waals surface area contributed by atoms with Gasteiger partial charge in [-0.15, -0.1) is 11.3 Å². The molecule has 6 rings (SSSR count). The minimum Gasteiger partial charge on any atom is -0.497 e. The molecule has 2 aliphatic heterocycles. The van der Waals surface area contributed by atoms with Crippen LogP contribution in [-0.4, -0.2) is 25.0 Å². The Balaban J connectivity index is 1.44. The van der Waals surface area contributed by atoms with Gasteiger partial charge in [0.1, 0.15) is 22.7 Å². The van der Waals surface area contributed by atoms with E-state index in [1.54, 1.807) is 12.2 Å². The van der Waals surface area contributed by atoms with E-state index in [1.165, 1.54) is 16.2 Å². The minimum absolute atomic E-state index is 0.322. The van der Waals surface area contributed by atoms with Crippen LogP contribution in [0.3, 0.4) is 0 Å². The van der Waals surface area contributed by atoms with Crippen LogP contribution in [0.15, 0.2) is 48.5 Å². The topological polar surface area (TPSA) is 82.9 Å². The number of hydroxylamine groups is 1. The summed E-state index contributed by atoms with van der Waals surface area (Å²) in [4.78, 5) is 36.4. The Bertz CT molecular complexity index is 1410. The third-order valence-corrected chi connectivity index (χ3v) is 8.67. The van der Waals surface area contributed by atoms with Gasteiger partial charge in [0, 0.05) is 4.88 Å². The van der Waals surface area contributed by atoms with Crippen LogP contribution in [0.5, 0.6) is 5.75 Å². The van der Waals surface area contributed by atoms with Crippen molar-refractivity contribution in [2.45, 2.75) is 44.8 Å². The number of hydrogen-bond acceptors (Lipinski definition) is 7. The highest BCUT2D eigenvalue weighted by Gasteiger charge is 2.61. The molecule has 3 aromatic rings. The molecule has 182 valence electrons. The van der Waals surface area contributed by atoms with E-state index in [9.17, 15) is 14.9 Å². The summed E-state index contributed by atoms with van der Waals surface area (Å²) in [5.41, 5.74) is 4.10. The largest absolute Gasteiger partial charge is 0.497 e. The van der Waals surface area contributed by atoms with E-state index in [2.05, 4.69) is 6.07 Å². The fraction of sp³-hybridized carbons (Fsp3) is 0.321. The quantitative estimate of drug-likeness (QED) is 0.477. The number of nitrogens with zero attached hydrogens (tertiary/aromatic N) is 3. The lowest BCUT2D eigenvalue weighted by Gasteiger charge is -2.29. The van der Waals surface area contributed by atoms with Crippen LogP contribution in [0.2, 0.25) is 0 Å². The predicted octanol–water partition coefficient (Wildman–Crippen LogP) is 4.87. The molecule has 1 aromatic heterocycles. The van der Waals surface area contributed by atoms with Gasteiger partial charge in [-0.2, -0.15) is 5.26 Å². The molecule has 7 nitrogen and oxygen atoms in total. The summed E-state index contributed by atoms with van der Waals surface area (Å²) < 4.78 is 5.32. The number of hydrogen-bond donors (Lipinski definition) is 0. The lowest BCUT2D eigenvalue weighted by molar-refractivity contribution is -0.126. The maximum absolute atomic E-state index is 14.0. The number of aryl methyl sites for hydroxylation is 2. The second kappa shape index (κ2) is 8.77. The average molecular weight is 500 g/mol. The first kappa shape index (κ1) is 22.8. The van der Waals surface area contributed by atoms with Crippen LogP contribution in [0.25, 0.3) is 0 Å². The Labute approximate surface area is 213 Å². The van der Waals surface area contributed by atoms with Crippen molar-refractivity contribution in [1.82, 2.24) is 0 Å². The fourth-order valence-corrected chi connectivity index (χ4v) is 6.95. The molecule has 0 N–H and O–H groups in total. The first-order chi connectivity index (χ1) is 17.5. The number of imide groups is 1. The molecule has 36 heavy (non-hydrogen) atoms. The standard InChI is InChI=1S/C28H25N3O4S/c1-16-7-3-5-9-21(16)31-24(17-11-13-18(34-2)14-12-17)23-25(35-31)27(33)30(26(23)32)28-20(15-29)19-8-4-6-10-22(19)36-28/h3,5,7,9,11-14,23-25H,4,6,8,10H2,1-2H3. The Kier molecular flexibility index (Phi) is 5.55. The molecule has 3 heterocycles. The Morgan fingerprint density at radius 3 is 2.53 bits per heavy atom. The monoisotopic (exact) mass is 499 g/mol. The van der Waals surface area contributed by atoms with Crippen LogP contribution >= 0.6 is 11.3 Å². The van der Waals surface area contributed by atoms with Crippen LogP contribution in [0, 0.1) is 24.2 Å². The predicted molar refractivity (Wildman–Crippen MR) is 136 cm³/mol. The summed E-state index contributed by atoms with van der Waals surface area (Å²) >= 11 is 1.41. The molecular weight excluding hydrogens is 474 g/mol. The van der Waals surface area contributed by atoms with E-state index >= 15 is 0 Å². The minimum atomic E-state index is -0.963. The molecule has 2 amide bonds. The highest BCUT2D eigenvalue weighted by atomic mass is 32.1. The highest BCUT2D eigenvalue weighted by Crippen LogP contribution is 2.50. The van der Waals surface area contributed by atoms with E-state index in [-0.39, 0.29) is 5.91 Å². The molecule has 2 aromatic carbocycles. The SMILES string of the molecule is COc1ccc(C2C3C(=O)N(c4sc5c(c4C#N)CCCC5)C(=O)C3ON2c2ccccc2C)cc1. The van der Waals surface area contributed by atoms with Crippen molar-refractivity contribution >= 4 is 33.8 Å². The maximum atomic E-state index is 14.0. The zero-order chi connectivity index (χ0) is 25.0. The summed E-state index contributed by atoms with van der Waals surface area (Å²) in [5.74, 6) is -0.766. The number of anilines is 2. The number of thiophene rings is 1. The molecule has 0 bridgehead atoms. The van der Waals surface area contributed by atoms with Crippen molar-refractivity contribution < 1.29 is 19.2 Å². The summed E-state index contributed by atoms with van der Waals surface area (Å²) in [6.45, 7) is 1.98. The van der Waals surface area contributed by atoms with Crippen LogP contribution in [-0.2, 0) is 27.3 Å². The summed E-state index contributed by atoms with van der Waals surface area (Å²) in [7, 11) is 1.60. The molecular formula is C28H25N3O4S. The fourth-order valence-electron chi connectivity index (χ4n) is 5.60. The molecule has 2 fully saturated rings. The first-order valence-electron chi connectivity index (χ1n) is 12.1. The van der Waals surface area contributed by atoms with Crippen molar-refractivity contribution in [2.75, 3.05) is 17.1 Å². The maximum Gasteiger partial charge on any atom is 0.267 e. The van der Waals surface area contributed by atoms with Gasteiger partial charge >= 0.3 is 0 Å². The molecule has 2 saturated heterocycles. The number of nitriles is 1. The number of para-hydroxylation sites is 1. The van der Waals surface area contributed by atoms with Crippen LogP contribution in [0.4, 0.5) is 10.7 Å². The number of rotatable bonds is 4. The third kappa shape index (κ3) is 3.34. The zero-order valence-corrected chi connectivity index (χ0v) is 20.9. The van der Waals surface area contributed by atoms with Gasteiger partial charge in [-0.3, -0.25) is 14.4 Å². The second-order valence-electron chi connectivity index (χ2n) is 9.40. The molecule has 3 unspecified atom stereocenters. The third-order valence-electron chi connectivity index (χ3n) is 7.39. The smallest absolute Gasteiger partial charge is 0.267 e. The highest BCUT2D eigenvalue weighted by molar-refractivity contribution is 7.17. The summed E-state index contributed by atoms with van der Waals surface area (Å²) in [6.07, 6.45) is 2.79. The number of benzene rings is 2. The van der Waals surface area contributed by atoms with E-state index in [1.807, 2.05) is 55.5 Å². The lowest BCUT2D eigenvalue weighted by atomic mass is 9.90. The Morgan fingerprint density at radius 2 is 1.81 bits per heavy atom. The van der Waals surface area contributed by atoms with Gasteiger partial charge in [-0.25, -0.2) is 9.96 Å². The number of methoxy groups -OCH3 is 1. The molecule has 3 aliphatic rings. The van der Waals surface area contributed by atoms with Gasteiger partial charge < -0.3 is 4.74 Å². The molecule has 8 heteroatoms. The van der Waals surface area contributed by atoms with E-state index < -0.39 is 24.0 Å².